The van der Waals surface area contributed by atoms with Crippen LogP contribution in [-0.2, 0) is 27.2 Å². The zero-order chi connectivity index (χ0) is 19.9. The number of esters is 1. The number of aromatic nitrogens is 1. The molecule has 0 radical (unpaired) electrons. The number of nitrogens with zero attached hydrogens (tertiary/aromatic N) is 1. The number of amides is 1. The normalized spacial score (nSPS) is 10.5. The first kappa shape index (κ1) is 19.7. The maximum absolute atomic E-state index is 13.5. The molecule has 144 valence electrons. The molecule has 0 saturated heterocycles. The summed E-state index contributed by atoms with van der Waals surface area (Å²) in [7, 11) is 0. The number of halogens is 1. The van der Waals surface area contributed by atoms with E-state index in [1.54, 1.807) is 11.4 Å². The highest BCUT2D eigenvalue weighted by Gasteiger charge is 2.13. The lowest BCUT2D eigenvalue weighted by atomic mass is 10.1. The number of anilines is 1. The molecule has 0 spiro atoms. The van der Waals surface area contributed by atoms with Gasteiger partial charge in [-0.3, -0.25) is 9.59 Å². The van der Waals surface area contributed by atoms with Crippen molar-refractivity contribution < 1.29 is 18.7 Å². The number of carbonyl (C=O) groups is 2. The number of carbonyl (C=O) groups excluding carboxylic acids is 2. The maximum atomic E-state index is 13.5. The van der Waals surface area contributed by atoms with Crippen molar-refractivity contribution in [2.75, 3.05) is 11.9 Å². The van der Waals surface area contributed by atoms with Gasteiger partial charge in [0.1, 0.15) is 10.8 Å². The van der Waals surface area contributed by atoms with Crippen LogP contribution in [0.15, 0.2) is 53.9 Å². The molecule has 0 atom stereocenters. The number of aryl methyl sites for hydroxylation is 1. The summed E-state index contributed by atoms with van der Waals surface area (Å²) in [5.41, 5.74) is 2.87. The fourth-order valence-electron chi connectivity index (χ4n) is 2.50. The Labute approximate surface area is 166 Å². The smallest absolute Gasteiger partial charge is 0.312 e. The highest BCUT2D eigenvalue weighted by Crippen LogP contribution is 2.24. The summed E-state index contributed by atoms with van der Waals surface area (Å²) in [6, 6.07) is 13.9. The molecule has 0 saturated carbocycles. The van der Waals surface area contributed by atoms with Gasteiger partial charge in [0.05, 0.1) is 17.8 Å². The third kappa shape index (κ3) is 5.23. The zero-order valence-corrected chi connectivity index (χ0v) is 16.1. The second-order valence-electron chi connectivity index (χ2n) is 6.06. The van der Waals surface area contributed by atoms with E-state index >= 15 is 0 Å². The van der Waals surface area contributed by atoms with Gasteiger partial charge in [0.25, 0.3) is 5.91 Å². The van der Waals surface area contributed by atoms with Crippen LogP contribution < -0.4 is 5.32 Å². The van der Waals surface area contributed by atoms with Gasteiger partial charge in [-0.05, 0) is 24.1 Å². The van der Waals surface area contributed by atoms with E-state index in [-0.39, 0.29) is 12.1 Å². The summed E-state index contributed by atoms with van der Waals surface area (Å²) in [6.45, 7) is 1.61. The Morgan fingerprint density at radius 1 is 1.14 bits per heavy atom. The van der Waals surface area contributed by atoms with Gasteiger partial charge in [-0.25, -0.2) is 9.37 Å². The average Bonchev–Trinajstić information content (AvgIpc) is 3.16. The lowest BCUT2D eigenvalue weighted by molar-refractivity contribution is -0.146. The molecule has 7 heteroatoms. The van der Waals surface area contributed by atoms with Crippen LogP contribution in [0, 0.1) is 5.82 Å². The molecule has 3 aromatic rings. The zero-order valence-electron chi connectivity index (χ0n) is 15.3. The molecule has 1 heterocycles. The van der Waals surface area contributed by atoms with E-state index in [1.165, 1.54) is 35.1 Å². The Hall–Kier alpha value is -3.06. The van der Waals surface area contributed by atoms with Crippen LogP contribution in [0.1, 0.15) is 18.2 Å². The lowest BCUT2D eigenvalue weighted by Gasteiger charge is -2.06. The summed E-state index contributed by atoms with van der Waals surface area (Å²) in [4.78, 5) is 28.2. The molecular formula is C21H19FN2O3S. The minimum atomic E-state index is -0.603. The molecule has 0 bridgehead atoms. The second-order valence-corrected chi connectivity index (χ2v) is 6.92. The van der Waals surface area contributed by atoms with Crippen molar-refractivity contribution in [2.24, 2.45) is 0 Å². The number of para-hydroxylation sites is 1. The van der Waals surface area contributed by atoms with E-state index in [4.69, 9.17) is 4.74 Å². The number of hydrogen-bond acceptors (Lipinski definition) is 5. The van der Waals surface area contributed by atoms with Crippen LogP contribution in [0.3, 0.4) is 0 Å². The third-order valence-corrected chi connectivity index (χ3v) is 4.94. The van der Waals surface area contributed by atoms with E-state index in [0.29, 0.717) is 5.69 Å². The van der Waals surface area contributed by atoms with Crippen molar-refractivity contribution in [1.29, 1.82) is 0 Å². The lowest BCUT2D eigenvalue weighted by Crippen LogP contribution is -2.22. The van der Waals surface area contributed by atoms with Crippen molar-refractivity contribution in [3.8, 4) is 10.6 Å². The van der Waals surface area contributed by atoms with E-state index in [0.717, 1.165) is 17.0 Å². The fraction of sp³-hybridized carbons (Fsp3) is 0.190. The van der Waals surface area contributed by atoms with Gasteiger partial charge >= 0.3 is 5.97 Å². The van der Waals surface area contributed by atoms with E-state index in [2.05, 4.69) is 29.4 Å². The molecule has 0 aliphatic carbocycles. The Morgan fingerprint density at radius 2 is 1.89 bits per heavy atom. The van der Waals surface area contributed by atoms with Gasteiger partial charge in [-0.1, -0.05) is 43.3 Å². The van der Waals surface area contributed by atoms with E-state index in [1.807, 2.05) is 12.1 Å². The molecule has 1 aromatic heterocycles. The number of thiazole rings is 1. The van der Waals surface area contributed by atoms with Crippen molar-refractivity contribution in [3.63, 3.8) is 0 Å². The van der Waals surface area contributed by atoms with E-state index < -0.39 is 24.3 Å². The first-order chi connectivity index (χ1) is 13.5. The molecule has 1 N–H and O–H groups in total. The predicted octanol–water partition coefficient (Wildman–Crippen LogP) is 4.24. The number of nitrogens with one attached hydrogen (secondary N) is 1. The number of benzene rings is 2. The molecule has 0 fully saturated rings. The van der Waals surface area contributed by atoms with Crippen LogP contribution in [0.4, 0.5) is 10.1 Å². The van der Waals surface area contributed by atoms with Crippen molar-refractivity contribution >= 4 is 28.9 Å². The molecule has 2 aromatic carbocycles. The van der Waals surface area contributed by atoms with Crippen molar-refractivity contribution in [3.05, 3.63) is 71.0 Å². The van der Waals surface area contributed by atoms with Gasteiger partial charge in [0.15, 0.2) is 6.61 Å². The van der Waals surface area contributed by atoms with Gasteiger partial charge in [0, 0.05) is 10.9 Å². The fourth-order valence-corrected chi connectivity index (χ4v) is 3.32. The summed E-state index contributed by atoms with van der Waals surface area (Å²) in [5.74, 6) is -1.72. The Balaban J connectivity index is 1.50. The molecular weight excluding hydrogens is 379 g/mol. The molecule has 0 aliphatic rings. The summed E-state index contributed by atoms with van der Waals surface area (Å²) >= 11 is 1.45. The molecule has 3 rings (SSSR count). The quantitative estimate of drug-likeness (QED) is 0.605. The number of hydrogen-bond donors (Lipinski definition) is 1. The summed E-state index contributed by atoms with van der Waals surface area (Å²) in [6.07, 6.45) is 0.941. The maximum Gasteiger partial charge on any atom is 0.312 e. The number of ether oxygens (including phenoxy) is 1. The van der Waals surface area contributed by atoms with Crippen LogP contribution >= 0.6 is 11.3 Å². The second kappa shape index (κ2) is 9.23. The average molecular weight is 398 g/mol. The summed E-state index contributed by atoms with van der Waals surface area (Å²) < 4.78 is 18.4. The number of rotatable bonds is 7. The molecule has 28 heavy (non-hydrogen) atoms. The highest BCUT2D eigenvalue weighted by atomic mass is 32.1. The first-order valence-corrected chi connectivity index (χ1v) is 9.67. The highest BCUT2D eigenvalue weighted by molar-refractivity contribution is 7.13. The SMILES string of the molecule is CCc1ccc(-c2nc(CC(=O)OCC(=O)Nc3ccccc3F)cs2)cc1. The van der Waals surface area contributed by atoms with Crippen LogP contribution in [0.2, 0.25) is 0 Å². The van der Waals surface area contributed by atoms with Gasteiger partial charge in [-0.2, -0.15) is 0 Å². The monoisotopic (exact) mass is 398 g/mol. The largest absolute Gasteiger partial charge is 0.455 e. The molecule has 5 nitrogen and oxygen atoms in total. The van der Waals surface area contributed by atoms with Crippen molar-refractivity contribution in [2.45, 2.75) is 19.8 Å². The Morgan fingerprint density at radius 3 is 2.61 bits per heavy atom. The van der Waals surface area contributed by atoms with Gasteiger partial charge < -0.3 is 10.1 Å². The third-order valence-electron chi connectivity index (χ3n) is 4.00. The summed E-state index contributed by atoms with van der Waals surface area (Å²) in [5, 5.41) is 4.98. The first-order valence-electron chi connectivity index (χ1n) is 8.79. The Bertz CT molecular complexity index is 970. The van der Waals surface area contributed by atoms with Crippen molar-refractivity contribution in [1.82, 2.24) is 4.98 Å². The van der Waals surface area contributed by atoms with Crippen LogP contribution in [0.5, 0.6) is 0 Å². The topological polar surface area (TPSA) is 68.3 Å². The molecule has 1 amide bonds. The van der Waals surface area contributed by atoms with Gasteiger partial charge in [0.2, 0.25) is 0 Å². The minimum Gasteiger partial charge on any atom is -0.455 e. The standard InChI is InChI=1S/C21H19FN2O3S/c1-2-14-7-9-15(10-8-14)21-23-16(13-28-21)11-20(26)27-12-19(25)24-18-6-4-3-5-17(18)22/h3-10,13H,2,11-12H2,1H3,(H,24,25). The molecule has 0 aliphatic heterocycles. The predicted molar refractivity (Wildman–Crippen MR) is 107 cm³/mol. The minimum absolute atomic E-state index is 0.0312. The van der Waals surface area contributed by atoms with Crippen LogP contribution in [-0.4, -0.2) is 23.5 Å². The van der Waals surface area contributed by atoms with E-state index in [9.17, 15) is 14.0 Å². The Kier molecular flexibility index (Phi) is 6.49. The molecule has 0 unspecified atom stereocenters. The van der Waals surface area contributed by atoms with Gasteiger partial charge in [-0.15, -0.1) is 11.3 Å². The van der Waals surface area contributed by atoms with Crippen LogP contribution in [0.25, 0.3) is 10.6 Å².